The summed E-state index contributed by atoms with van der Waals surface area (Å²) in [6.07, 6.45) is 0. The minimum atomic E-state index is -4.37. The molecule has 2 N–H and O–H groups in total. The van der Waals surface area contributed by atoms with Crippen LogP contribution in [-0.4, -0.2) is 20.4 Å². The largest absolute Gasteiger partial charge is 0.322 e. The lowest BCUT2D eigenvalue weighted by molar-refractivity contribution is 0.102. The van der Waals surface area contributed by atoms with E-state index in [4.69, 9.17) is 0 Å². The third-order valence-corrected chi connectivity index (χ3v) is 5.65. The van der Waals surface area contributed by atoms with Gasteiger partial charge in [0, 0.05) is 23.9 Å². The Morgan fingerprint density at radius 3 is 2.11 bits per heavy atom. The number of nitrogens with one attached hydrogen (secondary N) is 2. The normalized spacial score (nSPS) is 12.9. The molecule has 2 aromatic rings. The van der Waals surface area contributed by atoms with E-state index in [0.29, 0.717) is 12.1 Å². The zero-order chi connectivity index (χ0) is 21.2. The summed E-state index contributed by atoms with van der Waals surface area (Å²) in [6, 6.07) is 2.72. The highest BCUT2D eigenvalue weighted by atomic mass is 32.2. The first-order valence-corrected chi connectivity index (χ1v) is 9.68. The summed E-state index contributed by atoms with van der Waals surface area (Å²) in [4.78, 5) is 11.3. The topological polar surface area (TPSA) is 75.3 Å². The molecule has 0 aliphatic heterocycles. The van der Waals surface area contributed by atoms with E-state index in [1.165, 1.54) is 0 Å². The van der Waals surface area contributed by atoms with Crippen LogP contribution in [0, 0.1) is 29.2 Å². The molecule has 0 saturated heterocycles. The van der Waals surface area contributed by atoms with Gasteiger partial charge in [-0.1, -0.05) is 13.8 Å². The van der Waals surface area contributed by atoms with Crippen molar-refractivity contribution < 1.29 is 30.8 Å². The van der Waals surface area contributed by atoms with Crippen LogP contribution in [0.15, 0.2) is 35.2 Å². The predicted octanol–water partition coefficient (Wildman–Crippen LogP) is 3.82. The summed E-state index contributed by atoms with van der Waals surface area (Å²) < 4.78 is 81.4. The Labute approximate surface area is 159 Å². The quantitative estimate of drug-likeness (QED) is 0.701. The number of hydrogen-bond acceptors (Lipinski definition) is 3. The molecule has 0 bridgehead atoms. The van der Waals surface area contributed by atoms with Gasteiger partial charge >= 0.3 is 0 Å². The average molecular weight is 418 g/mol. The number of amides is 1. The van der Waals surface area contributed by atoms with Crippen molar-refractivity contribution in [3.8, 4) is 0 Å². The second-order valence-corrected chi connectivity index (χ2v) is 8.18. The van der Waals surface area contributed by atoms with Gasteiger partial charge in [0.15, 0.2) is 11.6 Å². The summed E-state index contributed by atoms with van der Waals surface area (Å²) >= 11 is 0. The average Bonchev–Trinajstić information content (AvgIpc) is 2.57. The van der Waals surface area contributed by atoms with E-state index in [2.05, 4.69) is 10.0 Å². The Morgan fingerprint density at radius 2 is 1.54 bits per heavy atom. The molecule has 28 heavy (non-hydrogen) atoms. The molecule has 0 fully saturated rings. The summed E-state index contributed by atoms with van der Waals surface area (Å²) in [5.74, 6) is -6.33. The van der Waals surface area contributed by atoms with Crippen LogP contribution >= 0.6 is 0 Å². The van der Waals surface area contributed by atoms with Crippen LogP contribution in [0.25, 0.3) is 0 Å². The molecule has 2 rings (SSSR count). The van der Waals surface area contributed by atoms with Crippen LogP contribution in [0.4, 0.5) is 23.2 Å². The van der Waals surface area contributed by atoms with Crippen molar-refractivity contribution in [1.82, 2.24) is 4.72 Å². The first-order valence-electron chi connectivity index (χ1n) is 8.20. The van der Waals surface area contributed by atoms with E-state index >= 15 is 0 Å². The molecule has 0 aliphatic carbocycles. The highest BCUT2D eigenvalue weighted by Gasteiger charge is 2.26. The van der Waals surface area contributed by atoms with Crippen LogP contribution in [-0.2, 0) is 10.0 Å². The minimum absolute atomic E-state index is 0.102. The molecule has 0 unspecified atom stereocenters. The molecular weight excluding hydrogens is 400 g/mol. The second kappa shape index (κ2) is 8.27. The molecule has 0 aromatic heterocycles. The molecular formula is C18H18F4N2O3S. The number of rotatable bonds is 6. The summed E-state index contributed by atoms with van der Waals surface area (Å²) in [7, 11) is -4.37. The fourth-order valence-corrected chi connectivity index (χ4v) is 3.60. The highest BCUT2D eigenvalue weighted by molar-refractivity contribution is 7.89. The molecule has 10 heteroatoms. The van der Waals surface area contributed by atoms with Gasteiger partial charge in [-0.2, -0.15) is 0 Å². The van der Waals surface area contributed by atoms with Gasteiger partial charge in [-0.05, 0) is 31.0 Å². The lowest BCUT2D eigenvalue weighted by Crippen LogP contribution is -2.36. The first kappa shape index (κ1) is 21.8. The maximum absolute atomic E-state index is 14.1. The van der Waals surface area contributed by atoms with E-state index in [0.717, 1.165) is 12.1 Å². The van der Waals surface area contributed by atoms with Crippen LogP contribution in [0.5, 0.6) is 0 Å². The number of sulfonamides is 1. The van der Waals surface area contributed by atoms with Crippen molar-refractivity contribution in [2.45, 2.75) is 31.7 Å². The zero-order valence-electron chi connectivity index (χ0n) is 15.2. The van der Waals surface area contributed by atoms with Gasteiger partial charge in [-0.15, -0.1) is 0 Å². The van der Waals surface area contributed by atoms with Crippen LogP contribution in [0.1, 0.15) is 31.1 Å². The van der Waals surface area contributed by atoms with Gasteiger partial charge in [-0.25, -0.2) is 30.7 Å². The monoisotopic (exact) mass is 418 g/mol. The number of anilines is 1. The number of carbonyl (C=O) groups is 1. The third-order valence-electron chi connectivity index (χ3n) is 4.07. The standard InChI is InChI=1S/C18H18F4N2O3S/c1-9(2)10(3)24-28(26,27)17-7-12(14(20)8-16(17)22)18(25)23-11-4-5-13(19)15(21)6-11/h4-10,24H,1-3H3,(H,23,25)/t10-/m1/s1. The van der Waals surface area contributed by atoms with Crippen LogP contribution in [0.3, 0.4) is 0 Å². The highest BCUT2D eigenvalue weighted by Crippen LogP contribution is 2.22. The molecule has 152 valence electrons. The maximum Gasteiger partial charge on any atom is 0.258 e. The van der Waals surface area contributed by atoms with Crippen molar-refractivity contribution in [1.29, 1.82) is 0 Å². The van der Waals surface area contributed by atoms with E-state index in [9.17, 15) is 30.8 Å². The lowest BCUT2D eigenvalue weighted by atomic mass is 10.1. The van der Waals surface area contributed by atoms with Crippen LogP contribution < -0.4 is 10.0 Å². The van der Waals surface area contributed by atoms with Crippen molar-refractivity contribution >= 4 is 21.6 Å². The van der Waals surface area contributed by atoms with E-state index < -0.39 is 55.7 Å². The predicted molar refractivity (Wildman–Crippen MR) is 95.3 cm³/mol. The lowest BCUT2D eigenvalue weighted by Gasteiger charge is -2.18. The molecule has 2 aromatic carbocycles. The molecule has 5 nitrogen and oxygen atoms in total. The fraction of sp³-hybridized carbons (Fsp3) is 0.278. The fourth-order valence-electron chi connectivity index (χ4n) is 2.13. The Balaban J connectivity index is 2.39. The van der Waals surface area contributed by atoms with Crippen molar-refractivity contribution in [3.05, 3.63) is 59.2 Å². The minimum Gasteiger partial charge on any atom is -0.322 e. The molecule has 0 aliphatic rings. The number of benzene rings is 2. The summed E-state index contributed by atoms with van der Waals surface area (Å²) in [6.45, 7) is 5.06. The Hall–Kier alpha value is -2.46. The third kappa shape index (κ3) is 4.87. The second-order valence-electron chi connectivity index (χ2n) is 6.50. The molecule has 0 saturated carbocycles. The zero-order valence-corrected chi connectivity index (χ0v) is 16.0. The van der Waals surface area contributed by atoms with Gasteiger partial charge in [0.05, 0.1) is 5.56 Å². The Morgan fingerprint density at radius 1 is 0.893 bits per heavy atom. The SMILES string of the molecule is CC(C)[C@@H](C)NS(=O)(=O)c1cc(C(=O)Nc2ccc(F)c(F)c2)c(F)cc1F. The molecule has 0 spiro atoms. The number of hydrogen-bond donors (Lipinski definition) is 2. The Kier molecular flexibility index (Phi) is 6.45. The molecule has 1 amide bonds. The van der Waals surface area contributed by atoms with Crippen molar-refractivity contribution in [2.24, 2.45) is 5.92 Å². The first-order chi connectivity index (χ1) is 12.9. The van der Waals surface area contributed by atoms with Gasteiger partial charge in [0.2, 0.25) is 10.0 Å². The van der Waals surface area contributed by atoms with Gasteiger partial charge in [0.25, 0.3) is 5.91 Å². The Bertz CT molecular complexity index is 1010. The molecule has 1 atom stereocenters. The maximum atomic E-state index is 14.1. The van der Waals surface area contributed by atoms with Gasteiger partial charge < -0.3 is 5.32 Å². The number of carbonyl (C=O) groups excluding carboxylic acids is 1. The smallest absolute Gasteiger partial charge is 0.258 e. The van der Waals surface area contributed by atoms with Crippen molar-refractivity contribution in [2.75, 3.05) is 5.32 Å². The number of halogens is 4. The van der Waals surface area contributed by atoms with E-state index in [-0.39, 0.29) is 17.7 Å². The van der Waals surface area contributed by atoms with Gasteiger partial charge in [-0.3, -0.25) is 4.79 Å². The van der Waals surface area contributed by atoms with Crippen LogP contribution in [0.2, 0.25) is 0 Å². The van der Waals surface area contributed by atoms with Crippen molar-refractivity contribution in [3.63, 3.8) is 0 Å². The summed E-state index contributed by atoms with van der Waals surface area (Å²) in [5.41, 5.74) is -0.965. The molecule has 0 heterocycles. The van der Waals surface area contributed by atoms with E-state index in [1.807, 2.05) is 0 Å². The van der Waals surface area contributed by atoms with Gasteiger partial charge in [0.1, 0.15) is 16.5 Å². The summed E-state index contributed by atoms with van der Waals surface area (Å²) in [5, 5.41) is 2.10. The van der Waals surface area contributed by atoms with E-state index in [1.54, 1.807) is 20.8 Å². The molecule has 0 radical (unpaired) electrons.